The molecule has 0 fully saturated rings. The average Bonchev–Trinajstić information content (AvgIpc) is 2.82. The number of aromatic nitrogens is 3. The second-order valence-electron chi connectivity index (χ2n) is 4.95. The Morgan fingerprint density at radius 2 is 2.15 bits per heavy atom. The molecule has 1 aromatic heterocycles. The van der Waals surface area contributed by atoms with Crippen LogP contribution in [-0.4, -0.2) is 15.2 Å². The zero-order chi connectivity index (χ0) is 14.7. The summed E-state index contributed by atoms with van der Waals surface area (Å²) in [6, 6.07) is 7.30. The standard InChI is InChI=1S/C14H16ClN5/c1-8(2)13(14-17-9(3)19-20-14)18-11-5-4-10(7-16)12(15)6-11/h4-6,8,13,18H,1-3H3,(H,17,19,20)/t13-/m0/s1. The minimum Gasteiger partial charge on any atom is -0.375 e. The molecule has 0 aliphatic carbocycles. The van der Waals surface area contributed by atoms with Crippen molar-refractivity contribution in [2.45, 2.75) is 26.8 Å². The van der Waals surface area contributed by atoms with Crippen molar-refractivity contribution >= 4 is 17.3 Å². The van der Waals surface area contributed by atoms with Crippen LogP contribution in [0.1, 0.15) is 37.1 Å². The van der Waals surface area contributed by atoms with Crippen molar-refractivity contribution in [3.8, 4) is 6.07 Å². The van der Waals surface area contributed by atoms with Gasteiger partial charge in [0.15, 0.2) is 5.82 Å². The van der Waals surface area contributed by atoms with E-state index in [2.05, 4.69) is 34.3 Å². The predicted octanol–water partition coefficient (Wildman–Crippen LogP) is 3.45. The molecule has 0 saturated heterocycles. The van der Waals surface area contributed by atoms with Crippen molar-refractivity contribution in [1.29, 1.82) is 5.26 Å². The molecular formula is C14H16ClN5. The van der Waals surface area contributed by atoms with E-state index < -0.39 is 0 Å². The van der Waals surface area contributed by atoms with E-state index in [4.69, 9.17) is 16.9 Å². The van der Waals surface area contributed by atoms with Crippen molar-refractivity contribution in [1.82, 2.24) is 15.2 Å². The van der Waals surface area contributed by atoms with Crippen LogP contribution in [0.25, 0.3) is 0 Å². The van der Waals surface area contributed by atoms with E-state index in [0.717, 1.165) is 17.3 Å². The van der Waals surface area contributed by atoms with E-state index >= 15 is 0 Å². The second-order valence-corrected chi connectivity index (χ2v) is 5.36. The van der Waals surface area contributed by atoms with E-state index in [-0.39, 0.29) is 6.04 Å². The number of aryl methyl sites for hydroxylation is 1. The Morgan fingerprint density at radius 1 is 1.40 bits per heavy atom. The number of aromatic amines is 1. The summed E-state index contributed by atoms with van der Waals surface area (Å²) in [6.07, 6.45) is 0. The van der Waals surface area contributed by atoms with Gasteiger partial charge in [-0.3, -0.25) is 5.10 Å². The Hall–Kier alpha value is -2.06. The van der Waals surface area contributed by atoms with Gasteiger partial charge in [0, 0.05) is 5.69 Å². The van der Waals surface area contributed by atoms with Gasteiger partial charge in [-0.05, 0) is 31.0 Å². The van der Waals surface area contributed by atoms with Crippen LogP contribution in [0, 0.1) is 24.2 Å². The fourth-order valence-electron chi connectivity index (χ4n) is 1.90. The average molecular weight is 290 g/mol. The summed E-state index contributed by atoms with van der Waals surface area (Å²) in [7, 11) is 0. The van der Waals surface area contributed by atoms with Crippen LogP contribution in [0.15, 0.2) is 18.2 Å². The lowest BCUT2D eigenvalue weighted by atomic mass is 10.0. The number of H-pyrrole nitrogens is 1. The quantitative estimate of drug-likeness (QED) is 0.904. The summed E-state index contributed by atoms with van der Waals surface area (Å²) in [5.74, 6) is 1.81. The number of hydrogen-bond donors (Lipinski definition) is 2. The molecule has 1 aromatic carbocycles. The highest BCUT2D eigenvalue weighted by Crippen LogP contribution is 2.27. The minimum atomic E-state index is -0.0241. The van der Waals surface area contributed by atoms with E-state index in [1.807, 2.05) is 19.1 Å². The van der Waals surface area contributed by atoms with Crippen LogP contribution in [0.3, 0.4) is 0 Å². The first-order chi connectivity index (χ1) is 9.51. The number of hydrogen-bond acceptors (Lipinski definition) is 4. The first-order valence-corrected chi connectivity index (χ1v) is 6.74. The maximum Gasteiger partial charge on any atom is 0.173 e. The molecule has 0 spiro atoms. The van der Waals surface area contributed by atoms with E-state index in [0.29, 0.717) is 16.5 Å². The molecule has 0 aliphatic rings. The zero-order valence-corrected chi connectivity index (χ0v) is 12.4. The third-order valence-corrected chi connectivity index (χ3v) is 3.28. The molecule has 2 N–H and O–H groups in total. The lowest BCUT2D eigenvalue weighted by molar-refractivity contribution is 0.523. The maximum atomic E-state index is 8.88. The first kappa shape index (κ1) is 14.4. The monoisotopic (exact) mass is 289 g/mol. The fraction of sp³-hybridized carbons (Fsp3) is 0.357. The summed E-state index contributed by atoms with van der Waals surface area (Å²) < 4.78 is 0. The van der Waals surface area contributed by atoms with Gasteiger partial charge in [0.05, 0.1) is 16.6 Å². The van der Waals surface area contributed by atoms with Gasteiger partial charge in [0.1, 0.15) is 11.9 Å². The number of nitrogens with zero attached hydrogens (tertiary/aromatic N) is 3. The molecule has 2 aromatic rings. The molecule has 5 nitrogen and oxygen atoms in total. The van der Waals surface area contributed by atoms with Gasteiger partial charge < -0.3 is 5.32 Å². The van der Waals surface area contributed by atoms with E-state index in [9.17, 15) is 0 Å². The van der Waals surface area contributed by atoms with Crippen molar-refractivity contribution in [3.05, 3.63) is 40.4 Å². The molecule has 0 saturated carbocycles. The Morgan fingerprint density at radius 3 is 2.65 bits per heavy atom. The van der Waals surface area contributed by atoms with Crippen LogP contribution in [0.4, 0.5) is 5.69 Å². The molecule has 0 aliphatic heterocycles. The van der Waals surface area contributed by atoms with Crippen LogP contribution in [-0.2, 0) is 0 Å². The fourth-order valence-corrected chi connectivity index (χ4v) is 2.13. The zero-order valence-electron chi connectivity index (χ0n) is 11.6. The van der Waals surface area contributed by atoms with Gasteiger partial charge in [0.2, 0.25) is 0 Å². The molecule has 0 radical (unpaired) electrons. The Balaban J connectivity index is 2.25. The molecular weight excluding hydrogens is 274 g/mol. The molecule has 0 unspecified atom stereocenters. The normalized spacial score (nSPS) is 12.2. The minimum absolute atomic E-state index is 0.0241. The summed E-state index contributed by atoms with van der Waals surface area (Å²) in [6.45, 7) is 6.05. The van der Waals surface area contributed by atoms with Gasteiger partial charge in [-0.2, -0.15) is 10.4 Å². The summed E-state index contributed by atoms with van der Waals surface area (Å²) >= 11 is 6.04. The van der Waals surface area contributed by atoms with Crippen molar-refractivity contribution < 1.29 is 0 Å². The SMILES string of the molecule is Cc1nc([C@@H](Nc2ccc(C#N)c(Cl)c2)C(C)C)n[nH]1. The molecule has 2 rings (SSSR count). The second kappa shape index (κ2) is 5.93. The van der Waals surface area contributed by atoms with Crippen LogP contribution < -0.4 is 5.32 Å². The molecule has 1 atom stereocenters. The number of halogens is 1. The largest absolute Gasteiger partial charge is 0.375 e. The topological polar surface area (TPSA) is 77.4 Å². The Labute approximate surface area is 123 Å². The Kier molecular flexibility index (Phi) is 4.26. The molecule has 0 amide bonds. The van der Waals surface area contributed by atoms with Gasteiger partial charge >= 0.3 is 0 Å². The highest BCUT2D eigenvalue weighted by atomic mass is 35.5. The predicted molar refractivity (Wildman–Crippen MR) is 78.5 cm³/mol. The number of rotatable bonds is 4. The Bertz CT molecular complexity index is 641. The summed E-state index contributed by atoms with van der Waals surface area (Å²) in [4.78, 5) is 4.37. The third kappa shape index (κ3) is 3.09. The molecule has 1 heterocycles. The van der Waals surface area contributed by atoms with E-state index in [1.165, 1.54) is 0 Å². The van der Waals surface area contributed by atoms with Gasteiger partial charge in [-0.15, -0.1) is 0 Å². The number of nitriles is 1. The summed E-state index contributed by atoms with van der Waals surface area (Å²) in [5, 5.41) is 19.7. The third-order valence-electron chi connectivity index (χ3n) is 2.97. The molecule has 104 valence electrons. The van der Waals surface area contributed by atoms with Crippen LogP contribution in [0.2, 0.25) is 5.02 Å². The van der Waals surface area contributed by atoms with Crippen molar-refractivity contribution in [2.75, 3.05) is 5.32 Å². The van der Waals surface area contributed by atoms with Crippen LogP contribution >= 0.6 is 11.6 Å². The lowest BCUT2D eigenvalue weighted by Gasteiger charge is -2.20. The smallest absolute Gasteiger partial charge is 0.173 e. The van der Waals surface area contributed by atoms with Crippen molar-refractivity contribution in [3.63, 3.8) is 0 Å². The lowest BCUT2D eigenvalue weighted by Crippen LogP contribution is -2.18. The molecule has 6 heteroatoms. The number of nitrogens with one attached hydrogen (secondary N) is 2. The maximum absolute atomic E-state index is 8.88. The first-order valence-electron chi connectivity index (χ1n) is 6.36. The highest BCUT2D eigenvalue weighted by molar-refractivity contribution is 6.32. The van der Waals surface area contributed by atoms with Gasteiger partial charge in [-0.25, -0.2) is 4.98 Å². The molecule has 0 bridgehead atoms. The summed E-state index contributed by atoms with van der Waals surface area (Å²) in [5.41, 5.74) is 1.31. The highest BCUT2D eigenvalue weighted by Gasteiger charge is 2.20. The number of anilines is 1. The van der Waals surface area contributed by atoms with Crippen molar-refractivity contribution in [2.24, 2.45) is 5.92 Å². The number of benzene rings is 1. The van der Waals surface area contributed by atoms with Crippen LogP contribution in [0.5, 0.6) is 0 Å². The van der Waals surface area contributed by atoms with E-state index in [1.54, 1.807) is 12.1 Å². The van der Waals surface area contributed by atoms with Gasteiger partial charge in [-0.1, -0.05) is 25.4 Å². The van der Waals surface area contributed by atoms with Gasteiger partial charge in [0.25, 0.3) is 0 Å². The molecule has 20 heavy (non-hydrogen) atoms.